The predicted molar refractivity (Wildman–Crippen MR) is 108 cm³/mol. The van der Waals surface area contributed by atoms with Crippen LogP contribution in [0.5, 0.6) is 0 Å². The summed E-state index contributed by atoms with van der Waals surface area (Å²) in [5.41, 5.74) is 5.80. The molecule has 0 saturated heterocycles. The maximum absolute atomic E-state index is 13.5. The fourth-order valence-electron chi connectivity index (χ4n) is 5.30. The van der Waals surface area contributed by atoms with Crippen LogP contribution in [-0.2, 0) is 11.2 Å². The number of carbonyl (C=O) groups is 2. The summed E-state index contributed by atoms with van der Waals surface area (Å²) in [6.45, 7) is 0. The Hall–Kier alpha value is -3.20. The highest BCUT2D eigenvalue weighted by atomic mass is 16.1. The lowest BCUT2D eigenvalue weighted by molar-refractivity contribution is -0.117. The number of carbonyl (C=O) groups excluding carboxylic acids is 2. The minimum atomic E-state index is -0.201. The highest BCUT2D eigenvalue weighted by Gasteiger charge is 2.45. The van der Waals surface area contributed by atoms with E-state index in [0.29, 0.717) is 0 Å². The number of Topliss-reactive ketones (excluding diaryl/α,β-unsaturated/α-hetero) is 2. The van der Waals surface area contributed by atoms with Crippen molar-refractivity contribution < 1.29 is 9.59 Å². The number of fused-ring (bicyclic) bond motifs is 6. The molecule has 2 aromatic rings. The van der Waals surface area contributed by atoms with E-state index in [9.17, 15) is 9.59 Å². The Bertz CT molecular complexity index is 1140. The number of hydrogen-bond donors (Lipinski definition) is 1. The van der Waals surface area contributed by atoms with Gasteiger partial charge < -0.3 is 5.32 Å². The van der Waals surface area contributed by atoms with Crippen molar-refractivity contribution in [3.8, 4) is 0 Å². The zero-order valence-electron chi connectivity index (χ0n) is 15.3. The third-order valence-electron chi connectivity index (χ3n) is 6.63. The third-order valence-corrected chi connectivity index (χ3v) is 6.63. The van der Waals surface area contributed by atoms with Crippen molar-refractivity contribution in [2.45, 2.75) is 18.4 Å². The van der Waals surface area contributed by atoms with E-state index >= 15 is 0 Å². The van der Waals surface area contributed by atoms with Gasteiger partial charge in [-0.3, -0.25) is 9.59 Å². The normalized spacial score (nSPS) is 29.3. The monoisotopic (exact) mass is 365 g/mol. The Morgan fingerprint density at radius 3 is 2.61 bits per heavy atom. The van der Waals surface area contributed by atoms with Gasteiger partial charge in [0.25, 0.3) is 0 Å². The molecule has 136 valence electrons. The Morgan fingerprint density at radius 1 is 0.857 bits per heavy atom. The highest BCUT2D eigenvalue weighted by molar-refractivity contribution is 6.08. The maximum Gasteiger partial charge on any atom is 0.174 e. The fraction of sp³-hybridized carbons (Fsp3) is 0.200. The van der Waals surface area contributed by atoms with E-state index in [4.69, 9.17) is 0 Å². The summed E-state index contributed by atoms with van der Waals surface area (Å²) < 4.78 is 0. The zero-order chi connectivity index (χ0) is 18.8. The van der Waals surface area contributed by atoms with Crippen molar-refractivity contribution in [2.75, 3.05) is 0 Å². The summed E-state index contributed by atoms with van der Waals surface area (Å²) in [5, 5.41) is 3.65. The molecular formula is C25H19NO2. The molecule has 3 aliphatic carbocycles. The molecule has 4 unspecified atom stereocenters. The number of hydrogen-bond acceptors (Lipinski definition) is 3. The van der Waals surface area contributed by atoms with Crippen LogP contribution in [0.1, 0.15) is 33.0 Å². The van der Waals surface area contributed by atoms with Crippen LogP contribution in [0.3, 0.4) is 0 Å². The van der Waals surface area contributed by atoms with Crippen LogP contribution in [0.25, 0.3) is 6.08 Å². The number of rotatable bonds is 0. The smallest absolute Gasteiger partial charge is 0.174 e. The minimum absolute atomic E-state index is 0.0119. The molecule has 1 heterocycles. The van der Waals surface area contributed by atoms with E-state index in [1.807, 2.05) is 48.6 Å². The Balaban J connectivity index is 1.45. The van der Waals surface area contributed by atoms with Crippen molar-refractivity contribution in [3.63, 3.8) is 0 Å². The molecule has 4 atom stereocenters. The second kappa shape index (κ2) is 5.65. The topological polar surface area (TPSA) is 46.2 Å². The Labute approximate surface area is 163 Å². The second-order valence-corrected chi connectivity index (χ2v) is 8.04. The molecule has 3 heteroatoms. The molecule has 0 spiro atoms. The van der Waals surface area contributed by atoms with Crippen LogP contribution < -0.4 is 5.32 Å². The van der Waals surface area contributed by atoms with Crippen LogP contribution in [0.2, 0.25) is 0 Å². The van der Waals surface area contributed by atoms with Crippen molar-refractivity contribution in [1.82, 2.24) is 5.32 Å². The molecule has 1 aliphatic heterocycles. The van der Waals surface area contributed by atoms with Crippen LogP contribution in [0.4, 0.5) is 0 Å². The summed E-state index contributed by atoms with van der Waals surface area (Å²) in [7, 11) is 0. The standard InChI is InChI=1S/C25H19NO2/c27-24-17-8-4-2-6-15(17)13-20-18(24)10-11-19-23(20)26-21-12-9-14-5-1-3-7-16(14)22(21)25(19)28/h1-12,18,20-22,26H,13H2. The molecule has 2 aromatic carbocycles. The van der Waals surface area contributed by atoms with Gasteiger partial charge in [0.05, 0.1) is 12.0 Å². The number of allylic oxidation sites excluding steroid dienone is 4. The van der Waals surface area contributed by atoms with Crippen LogP contribution in [-0.4, -0.2) is 17.6 Å². The third kappa shape index (κ3) is 2.04. The van der Waals surface area contributed by atoms with E-state index in [2.05, 4.69) is 29.6 Å². The van der Waals surface area contributed by atoms with Crippen molar-refractivity contribution in [2.24, 2.45) is 11.8 Å². The van der Waals surface area contributed by atoms with Gasteiger partial charge in [-0.2, -0.15) is 0 Å². The van der Waals surface area contributed by atoms with Crippen LogP contribution in [0, 0.1) is 11.8 Å². The molecule has 0 aromatic heterocycles. The summed E-state index contributed by atoms with van der Waals surface area (Å²) in [6.07, 6.45) is 8.81. The van der Waals surface area contributed by atoms with Gasteiger partial charge >= 0.3 is 0 Å². The largest absolute Gasteiger partial charge is 0.380 e. The first-order chi connectivity index (χ1) is 13.7. The first kappa shape index (κ1) is 15.8. The molecule has 4 aliphatic rings. The molecule has 3 nitrogen and oxygen atoms in total. The molecule has 0 saturated carbocycles. The number of ketones is 2. The minimum Gasteiger partial charge on any atom is -0.380 e. The summed E-state index contributed by atoms with van der Waals surface area (Å²) in [6, 6.07) is 15.9. The van der Waals surface area contributed by atoms with Crippen molar-refractivity contribution in [1.29, 1.82) is 0 Å². The lowest BCUT2D eigenvalue weighted by Crippen LogP contribution is -2.49. The van der Waals surface area contributed by atoms with Gasteiger partial charge in [0.2, 0.25) is 0 Å². The average Bonchev–Trinajstić information content (AvgIpc) is 2.74. The van der Waals surface area contributed by atoms with Gasteiger partial charge in [0.1, 0.15) is 0 Å². The van der Waals surface area contributed by atoms with Crippen LogP contribution in [0.15, 0.2) is 78.0 Å². The van der Waals surface area contributed by atoms with Gasteiger partial charge in [-0.15, -0.1) is 0 Å². The summed E-state index contributed by atoms with van der Waals surface area (Å²) >= 11 is 0. The van der Waals surface area contributed by atoms with Gasteiger partial charge in [0.15, 0.2) is 11.6 Å². The first-order valence-corrected chi connectivity index (χ1v) is 9.85. The average molecular weight is 365 g/mol. The second-order valence-electron chi connectivity index (χ2n) is 8.04. The van der Waals surface area contributed by atoms with Gasteiger partial charge in [-0.25, -0.2) is 0 Å². The van der Waals surface area contributed by atoms with Crippen molar-refractivity contribution >= 4 is 17.6 Å². The maximum atomic E-state index is 13.5. The van der Waals surface area contributed by atoms with E-state index < -0.39 is 0 Å². The summed E-state index contributed by atoms with van der Waals surface area (Å²) in [5.74, 6) is -0.0527. The van der Waals surface area contributed by atoms with E-state index in [-0.39, 0.29) is 35.4 Å². The highest BCUT2D eigenvalue weighted by Crippen LogP contribution is 2.44. The molecule has 1 N–H and O–H groups in total. The molecule has 0 amide bonds. The fourth-order valence-corrected chi connectivity index (χ4v) is 5.30. The SMILES string of the molecule is O=C1c2ccccc2CC2C3=C(C=CC12)C(=O)C1c2ccccc2C=CC1N3. The molecule has 0 fully saturated rings. The Kier molecular flexibility index (Phi) is 3.19. The first-order valence-electron chi connectivity index (χ1n) is 9.85. The molecular weight excluding hydrogens is 346 g/mol. The van der Waals surface area contributed by atoms with Gasteiger partial charge in [-0.1, -0.05) is 72.8 Å². The molecule has 0 radical (unpaired) electrons. The molecule has 6 rings (SSSR count). The summed E-state index contributed by atoms with van der Waals surface area (Å²) in [4.78, 5) is 26.5. The number of benzene rings is 2. The molecule has 0 bridgehead atoms. The zero-order valence-corrected chi connectivity index (χ0v) is 15.3. The Morgan fingerprint density at radius 2 is 1.68 bits per heavy atom. The van der Waals surface area contributed by atoms with E-state index in [1.165, 1.54) is 0 Å². The van der Waals surface area contributed by atoms with Crippen LogP contribution >= 0.6 is 0 Å². The lowest BCUT2D eigenvalue weighted by Gasteiger charge is -2.42. The van der Waals surface area contributed by atoms with Gasteiger partial charge in [-0.05, 0) is 23.1 Å². The lowest BCUT2D eigenvalue weighted by atomic mass is 9.66. The molecule has 28 heavy (non-hydrogen) atoms. The van der Waals surface area contributed by atoms with Crippen molar-refractivity contribution in [3.05, 3.63) is 100 Å². The van der Waals surface area contributed by atoms with Gasteiger partial charge in [0, 0.05) is 28.7 Å². The quantitative estimate of drug-likeness (QED) is 0.772. The predicted octanol–water partition coefficient (Wildman–Crippen LogP) is 3.83. The number of nitrogens with one attached hydrogen (secondary N) is 1. The van der Waals surface area contributed by atoms with E-state index in [0.717, 1.165) is 39.9 Å². The van der Waals surface area contributed by atoms with E-state index in [1.54, 1.807) is 0 Å².